The third kappa shape index (κ3) is 4.45. The van der Waals surface area contributed by atoms with Crippen LogP contribution in [0.3, 0.4) is 0 Å². The normalized spacial score (nSPS) is 9.08. The standard InChI is InChI=1S/C7H11NO4/c1-5(7(11)12)4-6(10)8-2-3-9/h9H,1-4H2,(H,8,10)(H,11,12). The molecule has 12 heavy (non-hydrogen) atoms. The summed E-state index contributed by atoms with van der Waals surface area (Å²) in [5.41, 5.74) is -0.162. The summed E-state index contributed by atoms with van der Waals surface area (Å²) in [4.78, 5) is 21.0. The highest BCUT2D eigenvalue weighted by Crippen LogP contribution is 1.96. The second-order valence-electron chi connectivity index (χ2n) is 2.16. The summed E-state index contributed by atoms with van der Waals surface area (Å²) in [5, 5.41) is 18.9. The van der Waals surface area contributed by atoms with Crippen molar-refractivity contribution in [3.05, 3.63) is 12.2 Å². The zero-order chi connectivity index (χ0) is 9.56. The Hall–Kier alpha value is -1.36. The average molecular weight is 173 g/mol. The fourth-order valence-electron chi connectivity index (χ4n) is 0.527. The van der Waals surface area contributed by atoms with Gasteiger partial charge in [0.25, 0.3) is 0 Å². The summed E-state index contributed by atoms with van der Waals surface area (Å²) in [6.07, 6.45) is -0.241. The predicted molar refractivity (Wildman–Crippen MR) is 41.5 cm³/mol. The molecule has 0 atom stereocenters. The van der Waals surface area contributed by atoms with E-state index < -0.39 is 11.9 Å². The van der Waals surface area contributed by atoms with Gasteiger partial charge in [0.15, 0.2) is 0 Å². The van der Waals surface area contributed by atoms with Gasteiger partial charge < -0.3 is 15.5 Å². The molecule has 0 unspecified atom stereocenters. The van der Waals surface area contributed by atoms with Crippen LogP contribution in [0.5, 0.6) is 0 Å². The molecule has 0 fully saturated rings. The monoisotopic (exact) mass is 173 g/mol. The van der Waals surface area contributed by atoms with Crippen molar-refractivity contribution in [2.24, 2.45) is 0 Å². The third-order valence-electron chi connectivity index (χ3n) is 1.11. The van der Waals surface area contributed by atoms with Crippen molar-refractivity contribution >= 4 is 11.9 Å². The summed E-state index contributed by atoms with van der Waals surface area (Å²) in [6, 6.07) is 0. The molecule has 1 amide bonds. The number of amides is 1. The molecule has 0 aliphatic rings. The Morgan fingerprint density at radius 3 is 2.42 bits per heavy atom. The van der Waals surface area contributed by atoms with Gasteiger partial charge >= 0.3 is 5.97 Å². The van der Waals surface area contributed by atoms with Crippen LogP contribution in [-0.4, -0.2) is 35.2 Å². The molecule has 0 aliphatic carbocycles. The van der Waals surface area contributed by atoms with E-state index in [0.717, 1.165) is 0 Å². The maximum Gasteiger partial charge on any atom is 0.331 e. The maximum atomic E-state index is 10.8. The van der Waals surface area contributed by atoms with Gasteiger partial charge in [-0.05, 0) is 0 Å². The molecular formula is C7H11NO4. The number of carboxylic acid groups (broad SMARTS) is 1. The van der Waals surface area contributed by atoms with E-state index in [1.165, 1.54) is 0 Å². The average Bonchev–Trinajstić information content (AvgIpc) is 2.00. The molecular weight excluding hydrogens is 162 g/mol. The Bertz CT molecular complexity index is 200. The zero-order valence-electron chi connectivity index (χ0n) is 6.54. The number of rotatable bonds is 5. The van der Waals surface area contributed by atoms with Crippen molar-refractivity contribution in [2.75, 3.05) is 13.2 Å². The molecule has 68 valence electrons. The van der Waals surface area contributed by atoms with Gasteiger partial charge in [0.05, 0.1) is 13.0 Å². The van der Waals surface area contributed by atoms with Crippen LogP contribution in [0.2, 0.25) is 0 Å². The summed E-state index contributed by atoms with van der Waals surface area (Å²) < 4.78 is 0. The number of hydrogen-bond donors (Lipinski definition) is 3. The van der Waals surface area contributed by atoms with E-state index in [1.54, 1.807) is 0 Å². The van der Waals surface area contributed by atoms with Gasteiger partial charge in [-0.15, -0.1) is 0 Å². The molecule has 0 spiro atoms. The molecule has 5 heteroatoms. The molecule has 0 bridgehead atoms. The van der Waals surface area contributed by atoms with Gasteiger partial charge in [0.1, 0.15) is 0 Å². The molecule has 3 N–H and O–H groups in total. The molecule has 0 saturated carbocycles. The van der Waals surface area contributed by atoms with E-state index in [2.05, 4.69) is 11.9 Å². The highest BCUT2D eigenvalue weighted by molar-refractivity contribution is 5.93. The topological polar surface area (TPSA) is 86.6 Å². The quantitative estimate of drug-likeness (QED) is 0.471. The maximum absolute atomic E-state index is 10.8. The van der Waals surface area contributed by atoms with Crippen LogP contribution in [0.4, 0.5) is 0 Å². The first-order chi connectivity index (χ1) is 5.57. The number of carboxylic acids is 1. The number of carbonyl (C=O) groups excluding carboxylic acids is 1. The number of aliphatic carboxylic acids is 1. The molecule has 0 radical (unpaired) electrons. The smallest absolute Gasteiger partial charge is 0.331 e. The van der Waals surface area contributed by atoms with E-state index >= 15 is 0 Å². The van der Waals surface area contributed by atoms with Crippen LogP contribution >= 0.6 is 0 Å². The first-order valence-electron chi connectivity index (χ1n) is 3.36. The zero-order valence-corrected chi connectivity index (χ0v) is 6.54. The molecule has 5 nitrogen and oxygen atoms in total. The van der Waals surface area contributed by atoms with Crippen molar-refractivity contribution in [3.8, 4) is 0 Å². The van der Waals surface area contributed by atoms with Crippen LogP contribution in [0.1, 0.15) is 6.42 Å². The van der Waals surface area contributed by atoms with E-state index in [0.29, 0.717) is 0 Å². The van der Waals surface area contributed by atoms with Gasteiger partial charge in [0, 0.05) is 12.1 Å². The lowest BCUT2D eigenvalue weighted by molar-refractivity contribution is -0.134. The Morgan fingerprint density at radius 1 is 1.42 bits per heavy atom. The Labute approximate surface area is 69.7 Å². The SMILES string of the molecule is C=C(CC(=O)NCCO)C(=O)O. The fourth-order valence-corrected chi connectivity index (χ4v) is 0.527. The van der Waals surface area contributed by atoms with Crippen molar-refractivity contribution in [2.45, 2.75) is 6.42 Å². The second-order valence-corrected chi connectivity index (χ2v) is 2.16. The summed E-state index contributed by atoms with van der Waals surface area (Å²) in [5.74, 6) is -1.63. The summed E-state index contributed by atoms with van der Waals surface area (Å²) in [6.45, 7) is 3.15. The van der Waals surface area contributed by atoms with Crippen LogP contribution < -0.4 is 5.32 Å². The molecule has 0 aromatic carbocycles. The number of aliphatic hydroxyl groups is 1. The molecule has 0 saturated heterocycles. The van der Waals surface area contributed by atoms with Crippen LogP contribution in [-0.2, 0) is 9.59 Å². The fraction of sp³-hybridized carbons (Fsp3) is 0.429. The molecule has 0 aromatic heterocycles. The molecule has 0 aliphatic heterocycles. The van der Waals surface area contributed by atoms with Crippen molar-refractivity contribution < 1.29 is 19.8 Å². The number of hydrogen-bond acceptors (Lipinski definition) is 3. The van der Waals surface area contributed by atoms with Crippen LogP contribution in [0.15, 0.2) is 12.2 Å². The van der Waals surface area contributed by atoms with E-state index in [9.17, 15) is 9.59 Å². The lowest BCUT2D eigenvalue weighted by Gasteiger charge is -2.01. The van der Waals surface area contributed by atoms with Crippen molar-refractivity contribution in [1.82, 2.24) is 5.32 Å². The molecule has 0 aromatic rings. The van der Waals surface area contributed by atoms with Gasteiger partial charge in [-0.25, -0.2) is 4.79 Å². The first-order valence-corrected chi connectivity index (χ1v) is 3.36. The van der Waals surface area contributed by atoms with Crippen molar-refractivity contribution in [1.29, 1.82) is 0 Å². The van der Waals surface area contributed by atoms with Gasteiger partial charge in [-0.2, -0.15) is 0 Å². The highest BCUT2D eigenvalue weighted by atomic mass is 16.4. The van der Waals surface area contributed by atoms with Crippen LogP contribution in [0, 0.1) is 0 Å². The summed E-state index contributed by atoms with van der Waals surface area (Å²) in [7, 11) is 0. The highest BCUT2D eigenvalue weighted by Gasteiger charge is 2.08. The Balaban J connectivity index is 3.69. The lowest BCUT2D eigenvalue weighted by Crippen LogP contribution is -2.27. The van der Waals surface area contributed by atoms with Gasteiger partial charge in [-0.3, -0.25) is 4.79 Å². The van der Waals surface area contributed by atoms with Gasteiger partial charge in [-0.1, -0.05) is 6.58 Å². The number of nitrogens with one attached hydrogen (secondary N) is 1. The van der Waals surface area contributed by atoms with E-state index in [-0.39, 0.29) is 25.1 Å². The number of carbonyl (C=O) groups is 2. The van der Waals surface area contributed by atoms with Gasteiger partial charge in [0.2, 0.25) is 5.91 Å². The third-order valence-corrected chi connectivity index (χ3v) is 1.11. The first kappa shape index (κ1) is 10.6. The summed E-state index contributed by atoms with van der Waals surface area (Å²) >= 11 is 0. The molecule has 0 rings (SSSR count). The minimum atomic E-state index is -1.19. The van der Waals surface area contributed by atoms with E-state index in [4.69, 9.17) is 10.2 Å². The number of aliphatic hydroxyl groups excluding tert-OH is 1. The lowest BCUT2D eigenvalue weighted by atomic mass is 10.2. The predicted octanol–water partition coefficient (Wildman–Crippen LogP) is -0.874. The Kier molecular flexibility index (Phi) is 4.71. The second kappa shape index (κ2) is 5.31. The molecule has 0 heterocycles. The minimum Gasteiger partial charge on any atom is -0.478 e. The van der Waals surface area contributed by atoms with Crippen LogP contribution in [0.25, 0.3) is 0 Å². The Morgan fingerprint density at radius 2 is 2.00 bits per heavy atom. The van der Waals surface area contributed by atoms with E-state index in [1.807, 2.05) is 0 Å². The largest absolute Gasteiger partial charge is 0.478 e. The van der Waals surface area contributed by atoms with Crippen molar-refractivity contribution in [3.63, 3.8) is 0 Å². The minimum absolute atomic E-state index is 0.131.